The summed E-state index contributed by atoms with van der Waals surface area (Å²) in [5, 5.41) is 13.6. The standard InChI is InChI=1S/C19H23N3O6S/c1-5-17(21(29(4,26)27)14-8-6-7-13(2)11-14)19(23)20-16-12-15(22(24)25)9-10-18(16)28-3/h6-12,17H,5H2,1-4H3,(H,20,23)/t17-/m1/s1. The second-order valence-electron chi connectivity index (χ2n) is 6.45. The Hall–Kier alpha value is -3.14. The average Bonchev–Trinajstić information content (AvgIpc) is 2.64. The van der Waals surface area contributed by atoms with Crippen molar-refractivity contribution in [3.8, 4) is 5.75 Å². The summed E-state index contributed by atoms with van der Waals surface area (Å²) < 4.78 is 31.2. The minimum absolute atomic E-state index is 0.0860. The van der Waals surface area contributed by atoms with Gasteiger partial charge in [0.15, 0.2) is 0 Å². The van der Waals surface area contributed by atoms with Crippen LogP contribution in [0.3, 0.4) is 0 Å². The van der Waals surface area contributed by atoms with E-state index in [0.717, 1.165) is 16.1 Å². The predicted molar refractivity (Wildman–Crippen MR) is 111 cm³/mol. The number of carbonyl (C=O) groups excluding carboxylic acids is 1. The third kappa shape index (κ3) is 5.23. The van der Waals surface area contributed by atoms with Gasteiger partial charge in [-0.05, 0) is 37.1 Å². The fourth-order valence-corrected chi connectivity index (χ4v) is 4.15. The second kappa shape index (κ2) is 8.91. The molecule has 156 valence electrons. The van der Waals surface area contributed by atoms with Crippen LogP contribution in [0.25, 0.3) is 0 Å². The van der Waals surface area contributed by atoms with Crippen molar-refractivity contribution >= 4 is 33.0 Å². The van der Waals surface area contributed by atoms with Crippen molar-refractivity contribution in [2.45, 2.75) is 26.3 Å². The number of rotatable bonds is 8. The lowest BCUT2D eigenvalue weighted by molar-refractivity contribution is -0.384. The summed E-state index contributed by atoms with van der Waals surface area (Å²) in [4.78, 5) is 23.5. The van der Waals surface area contributed by atoms with Crippen LogP contribution in [0.1, 0.15) is 18.9 Å². The van der Waals surface area contributed by atoms with Crippen LogP contribution in [-0.4, -0.2) is 38.7 Å². The largest absolute Gasteiger partial charge is 0.495 e. The number of sulfonamides is 1. The first kappa shape index (κ1) is 22.2. The van der Waals surface area contributed by atoms with Gasteiger partial charge in [0.25, 0.3) is 5.69 Å². The Bertz CT molecular complexity index is 1020. The summed E-state index contributed by atoms with van der Waals surface area (Å²) in [5.41, 5.74) is 1.06. The maximum atomic E-state index is 13.0. The first-order valence-corrected chi connectivity index (χ1v) is 10.6. The number of anilines is 2. The molecule has 10 heteroatoms. The number of amides is 1. The lowest BCUT2D eigenvalue weighted by Gasteiger charge is -2.30. The van der Waals surface area contributed by atoms with Gasteiger partial charge in [-0.25, -0.2) is 8.42 Å². The summed E-state index contributed by atoms with van der Waals surface area (Å²) in [5.74, 6) is -0.404. The lowest BCUT2D eigenvalue weighted by atomic mass is 10.1. The molecule has 2 aromatic carbocycles. The number of hydrogen-bond donors (Lipinski definition) is 1. The molecule has 0 bridgehead atoms. The van der Waals surface area contributed by atoms with Gasteiger partial charge in [0.2, 0.25) is 15.9 Å². The molecule has 0 heterocycles. The Morgan fingerprint density at radius 1 is 1.28 bits per heavy atom. The van der Waals surface area contributed by atoms with Crippen LogP contribution in [0.5, 0.6) is 5.75 Å². The SMILES string of the molecule is CC[C@H](C(=O)Nc1cc([N+](=O)[O-])ccc1OC)N(c1cccc(C)c1)S(C)(=O)=O. The molecule has 0 unspecified atom stereocenters. The van der Waals surface area contributed by atoms with E-state index in [0.29, 0.717) is 5.69 Å². The minimum Gasteiger partial charge on any atom is -0.495 e. The Morgan fingerprint density at radius 2 is 1.97 bits per heavy atom. The molecule has 0 aliphatic heterocycles. The molecule has 0 fully saturated rings. The third-order valence-electron chi connectivity index (χ3n) is 4.24. The number of nitrogens with one attached hydrogen (secondary N) is 1. The predicted octanol–water partition coefficient (Wildman–Crippen LogP) is 3.10. The number of aryl methyl sites for hydroxylation is 1. The Morgan fingerprint density at radius 3 is 2.48 bits per heavy atom. The average molecular weight is 421 g/mol. The van der Waals surface area contributed by atoms with Gasteiger partial charge in [-0.2, -0.15) is 0 Å². The number of benzene rings is 2. The number of hydrogen-bond acceptors (Lipinski definition) is 6. The molecule has 0 aliphatic carbocycles. The van der Waals surface area contributed by atoms with E-state index < -0.39 is 26.9 Å². The highest BCUT2D eigenvalue weighted by atomic mass is 32.2. The fourth-order valence-electron chi connectivity index (χ4n) is 2.95. The van der Waals surface area contributed by atoms with E-state index in [1.807, 2.05) is 13.0 Å². The van der Waals surface area contributed by atoms with Crippen molar-refractivity contribution < 1.29 is 22.9 Å². The molecule has 0 saturated carbocycles. The molecule has 0 aromatic heterocycles. The highest BCUT2D eigenvalue weighted by Crippen LogP contribution is 2.30. The summed E-state index contributed by atoms with van der Waals surface area (Å²) in [7, 11) is -2.42. The number of nitrogens with zero attached hydrogens (tertiary/aromatic N) is 2. The monoisotopic (exact) mass is 421 g/mol. The summed E-state index contributed by atoms with van der Waals surface area (Å²) in [6.45, 7) is 3.50. The molecule has 1 amide bonds. The van der Waals surface area contributed by atoms with Crippen molar-refractivity contribution in [3.05, 3.63) is 58.1 Å². The highest BCUT2D eigenvalue weighted by molar-refractivity contribution is 7.92. The molecular weight excluding hydrogens is 398 g/mol. The molecule has 0 radical (unpaired) electrons. The van der Waals surface area contributed by atoms with Gasteiger partial charge in [-0.15, -0.1) is 0 Å². The van der Waals surface area contributed by atoms with E-state index >= 15 is 0 Å². The molecule has 0 aliphatic rings. The first-order valence-electron chi connectivity index (χ1n) is 8.77. The number of ether oxygens (including phenoxy) is 1. The number of non-ortho nitro benzene ring substituents is 1. The topological polar surface area (TPSA) is 119 Å². The zero-order chi connectivity index (χ0) is 21.8. The van der Waals surface area contributed by atoms with Crippen molar-refractivity contribution in [1.82, 2.24) is 0 Å². The van der Waals surface area contributed by atoms with Crippen molar-refractivity contribution in [3.63, 3.8) is 0 Å². The van der Waals surface area contributed by atoms with E-state index in [-0.39, 0.29) is 23.5 Å². The van der Waals surface area contributed by atoms with Crippen LogP contribution in [0, 0.1) is 17.0 Å². The van der Waals surface area contributed by atoms with Crippen molar-refractivity contribution in [2.24, 2.45) is 0 Å². The minimum atomic E-state index is -3.79. The lowest BCUT2D eigenvalue weighted by Crippen LogP contribution is -2.47. The van der Waals surface area contributed by atoms with Gasteiger partial charge in [0, 0.05) is 12.1 Å². The zero-order valence-corrected chi connectivity index (χ0v) is 17.4. The van der Waals surface area contributed by atoms with Crippen LogP contribution in [0.2, 0.25) is 0 Å². The zero-order valence-electron chi connectivity index (χ0n) is 16.6. The van der Waals surface area contributed by atoms with Crippen molar-refractivity contribution in [2.75, 3.05) is 23.0 Å². The summed E-state index contributed by atoms with van der Waals surface area (Å²) in [6.07, 6.45) is 1.21. The molecule has 2 aromatic rings. The normalized spacial score (nSPS) is 12.1. The van der Waals surface area contributed by atoms with Gasteiger partial charge < -0.3 is 10.1 Å². The van der Waals surface area contributed by atoms with E-state index in [9.17, 15) is 23.3 Å². The third-order valence-corrected chi connectivity index (χ3v) is 5.42. The summed E-state index contributed by atoms with van der Waals surface area (Å²) >= 11 is 0. The van der Waals surface area contributed by atoms with Crippen LogP contribution < -0.4 is 14.4 Å². The molecule has 29 heavy (non-hydrogen) atoms. The second-order valence-corrected chi connectivity index (χ2v) is 8.31. The quantitative estimate of drug-likeness (QED) is 0.517. The first-order chi connectivity index (χ1) is 13.6. The van der Waals surface area contributed by atoms with Gasteiger partial charge in [0.05, 0.1) is 29.7 Å². The maximum absolute atomic E-state index is 13.0. The molecule has 1 atom stereocenters. The van der Waals surface area contributed by atoms with Crippen LogP contribution in [0.15, 0.2) is 42.5 Å². The number of nitro benzene ring substituents is 1. The Balaban J connectivity index is 2.45. The number of carbonyl (C=O) groups is 1. The van der Waals surface area contributed by atoms with E-state index in [4.69, 9.17) is 4.74 Å². The van der Waals surface area contributed by atoms with Crippen LogP contribution >= 0.6 is 0 Å². The van der Waals surface area contributed by atoms with Gasteiger partial charge >= 0.3 is 0 Å². The van der Waals surface area contributed by atoms with Crippen LogP contribution in [-0.2, 0) is 14.8 Å². The van der Waals surface area contributed by atoms with Gasteiger partial charge in [-0.1, -0.05) is 19.1 Å². The van der Waals surface area contributed by atoms with Crippen LogP contribution in [0.4, 0.5) is 17.1 Å². The van der Waals surface area contributed by atoms with E-state index in [1.54, 1.807) is 25.1 Å². The molecule has 0 saturated heterocycles. The summed E-state index contributed by atoms with van der Waals surface area (Å²) in [6, 6.07) is 9.53. The Kier molecular flexibility index (Phi) is 6.80. The molecule has 0 spiro atoms. The molecular formula is C19H23N3O6S. The fraction of sp³-hybridized carbons (Fsp3) is 0.316. The molecule has 9 nitrogen and oxygen atoms in total. The molecule has 2 rings (SSSR count). The number of methoxy groups -OCH3 is 1. The van der Waals surface area contributed by atoms with Gasteiger partial charge in [0.1, 0.15) is 11.8 Å². The van der Waals surface area contributed by atoms with E-state index in [2.05, 4.69) is 5.32 Å². The number of nitro groups is 1. The molecule has 1 N–H and O–H groups in total. The van der Waals surface area contributed by atoms with Crippen molar-refractivity contribution in [1.29, 1.82) is 0 Å². The highest BCUT2D eigenvalue weighted by Gasteiger charge is 2.32. The maximum Gasteiger partial charge on any atom is 0.271 e. The Labute approximate surface area is 169 Å². The van der Waals surface area contributed by atoms with E-state index in [1.165, 1.54) is 25.3 Å². The smallest absolute Gasteiger partial charge is 0.271 e. The van der Waals surface area contributed by atoms with Gasteiger partial charge in [-0.3, -0.25) is 19.2 Å².